The van der Waals surface area contributed by atoms with Crippen molar-refractivity contribution in [2.45, 2.75) is 65.1 Å². The van der Waals surface area contributed by atoms with Crippen LogP contribution in [0, 0.1) is 5.92 Å². The number of piperidine rings is 1. The molecular formula is C14H29N3O. The molecule has 1 saturated heterocycles. The molecule has 1 aliphatic heterocycles. The molecule has 0 aliphatic carbocycles. The third-order valence-electron chi connectivity index (χ3n) is 4.17. The zero-order valence-electron chi connectivity index (χ0n) is 12.3. The Labute approximate surface area is 111 Å². The zero-order chi connectivity index (χ0) is 13.7. The minimum Gasteiger partial charge on any atom is -0.352 e. The van der Waals surface area contributed by atoms with Crippen LogP contribution < -0.4 is 11.1 Å². The van der Waals surface area contributed by atoms with Crippen molar-refractivity contribution < 1.29 is 4.79 Å². The summed E-state index contributed by atoms with van der Waals surface area (Å²) in [5, 5.41) is 3.10. The first-order valence-corrected chi connectivity index (χ1v) is 7.25. The Kier molecular flexibility index (Phi) is 6.09. The molecule has 0 aromatic carbocycles. The van der Waals surface area contributed by atoms with E-state index in [0.29, 0.717) is 12.1 Å². The summed E-state index contributed by atoms with van der Waals surface area (Å²) in [4.78, 5) is 14.4. The SMILES string of the molecule is CCC(C)C(N)C(=O)NC1CCN(C(C)C)CC1. The van der Waals surface area contributed by atoms with Gasteiger partial charge in [-0.05, 0) is 32.6 Å². The van der Waals surface area contributed by atoms with E-state index in [0.717, 1.165) is 32.4 Å². The third-order valence-corrected chi connectivity index (χ3v) is 4.17. The van der Waals surface area contributed by atoms with Crippen molar-refractivity contribution in [3.05, 3.63) is 0 Å². The maximum Gasteiger partial charge on any atom is 0.237 e. The standard InChI is InChI=1S/C14H29N3O/c1-5-11(4)13(15)14(18)16-12-6-8-17(9-7-12)10(2)3/h10-13H,5-9,15H2,1-4H3,(H,16,18). The van der Waals surface area contributed by atoms with Gasteiger partial charge in [0.05, 0.1) is 6.04 Å². The van der Waals surface area contributed by atoms with Gasteiger partial charge in [0.1, 0.15) is 0 Å². The molecular weight excluding hydrogens is 226 g/mol. The number of hydrogen-bond donors (Lipinski definition) is 2. The Morgan fingerprint density at radius 3 is 2.33 bits per heavy atom. The summed E-state index contributed by atoms with van der Waals surface area (Å²) < 4.78 is 0. The Morgan fingerprint density at radius 2 is 1.89 bits per heavy atom. The number of nitrogens with one attached hydrogen (secondary N) is 1. The molecule has 1 fully saturated rings. The fourth-order valence-corrected chi connectivity index (χ4v) is 2.37. The average molecular weight is 255 g/mol. The molecule has 4 heteroatoms. The summed E-state index contributed by atoms with van der Waals surface area (Å²) in [7, 11) is 0. The van der Waals surface area contributed by atoms with Crippen molar-refractivity contribution in [3.8, 4) is 0 Å². The normalized spacial score (nSPS) is 21.9. The lowest BCUT2D eigenvalue weighted by Crippen LogP contribution is -2.52. The number of amides is 1. The second-order valence-electron chi connectivity index (χ2n) is 5.82. The van der Waals surface area contributed by atoms with Gasteiger partial charge < -0.3 is 16.0 Å². The molecule has 0 radical (unpaired) electrons. The molecule has 1 aliphatic rings. The third kappa shape index (κ3) is 4.25. The monoisotopic (exact) mass is 255 g/mol. The summed E-state index contributed by atoms with van der Waals surface area (Å²) in [6.45, 7) is 10.7. The van der Waals surface area contributed by atoms with Crippen molar-refractivity contribution in [1.29, 1.82) is 0 Å². The van der Waals surface area contributed by atoms with Gasteiger partial charge in [0.15, 0.2) is 0 Å². The van der Waals surface area contributed by atoms with Crippen LogP contribution in [0.4, 0.5) is 0 Å². The Balaban J connectivity index is 2.34. The van der Waals surface area contributed by atoms with Crippen LogP contribution in [0.2, 0.25) is 0 Å². The highest BCUT2D eigenvalue weighted by Crippen LogP contribution is 2.13. The molecule has 2 atom stereocenters. The van der Waals surface area contributed by atoms with Gasteiger partial charge in [-0.25, -0.2) is 0 Å². The lowest BCUT2D eigenvalue weighted by Gasteiger charge is -2.35. The Morgan fingerprint density at radius 1 is 1.33 bits per heavy atom. The van der Waals surface area contributed by atoms with E-state index in [1.165, 1.54) is 0 Å². The van der Waals surface area contributed by atoms with E-state index in [2.05, 4.69) is 31.0 Å². The average Bonchev–Trinajstić information content (AvgIpc) is 2.37. The molecule has 3 N–H and O–H groups in total. The van der Waals surface area contributed by atoms with Gasteiger partial charge in [-0.15, -0.1) is 0 Å². The quantitative estimate of drug-likeness (QED) is 0.779. The van der Waals surface area contributed by atoms with Crippen LogP contribution in [-0.2, 0) is 4.79 Å². The van der Waals surface area contributed by atoms with Gasteiger partial charge in [0, 0.05) is 25.2 Å². The largest absolute Gasteiger partial charge is 0.352 e. The lowest BCUT2D eigenvalue weighted by atomic mass is 9.98. The Hall–Kier alpha value is -0.610. The molecule has 1 heterocycles. The van der Waals surface area contributed by atoms with Gasteiger partial charge in [0.2, 0.25) is 5.91 Å². The Bertz CT molecular complexity index is 260. The second kappa shape index (κ2) is 7.10. The van der Waals surface area contributed by atoms with Gasteiger partial charge in [-0.3, -0.25) is 4.79 Å². The number of carbonyl (C=O) groups is 1. The van der Waals surface area contributed by atoms with E-state index in [1.807, 2.05) is 6.92 Å². The van der Waals surface area contributed by atoms with Crippen LogP contribution >= 0.6 is 0 Å². The second-order valence-corrected chi connectivity index (χ2v) is 5.82. The fraction of sp³-hybridized carbons (Fsp3) is 0.929. The molecule has 1 rings (SSSR count). The number of carbonyl (C=O) groups excluding carboxylic acids is 1. The van der Waals surface area contributed by atoms with Crippen molar-refractivity contribution in [3.63, 3.8) is 0 Å². The van der Waals surface area contributed by atoms with Gasteiger partial charge in [0.25, 0.3) is 0 Å². The summed E-state index contributed by atoms with van der Waals surface area (Å²) >= 11 is 0. The molecule has 2 unspecified atom stereocenters. The smallest absolute Gasteiger partial charge is 0.237 e. The molecule has 0 aromatic heterocycles. The molecule has 4 nitrogen and oxygen atoms in total. The van der Waals surface area contributed by atoms with E-state index >= 15 is 0 Å². The first kappa shape index (κ1) is 15.4. The first-order valence-electron chi connectivity index (χ1n) is 7.25. The van der Waals surface area contributed by atoms with Crippen LogP contribution in [0.1, 0.15) is 47.0 Å². The minimum atomic E-state index is -0.363. The van der Waals surface area contributed by atoms with Crippen molar-refractivity contribution in [2.24, 2.45) is 11.7 Å². The first-order chi connectivity index (χ1) is 8.45. The molecule has 0 bridgehead atoms. The topological polar surface area (TPSA) is 58.4 Å². The van der Waals surface area contributed by atoms with Crippen molar-refractivity contribution in [1.82, 2.24) is 10.2 Å². The molecule has 0 saturated carbocycles. The summed E-state index contributed by atoms with van der Waals surface area (Å²) in [6, 6.07) is 0.546. The van der Waals surface area contributed by atoms with Gasteiger partial charge >= 0.3 is 0 Å². The van der Waals surface area contributed by atoms with E-state index < -0.39 is 0 Å². The number of rotatable bonds is 5. The van der Waals surface area contributed by atoms with E-state index in [9.17, 15) is 4.79 Å². The predicted octanol–water partition coefficient (Wildman–Crippen LogP) is 1.35. The number of likely N-dealkylation sites (tertiary alicyclic amines) is 1. The van der Waals surface area contributed by atoms with Crippen LogP contribution in [0.3, 0.4) is 0 Å². The maximum absolute atomic E-state index is 12.0. The van der Waals surface area contributed by atoms with E-state index in [1.54, 1.807) is 0 Å². The van der Waals surface area contributed by atoms with Gasteiger partial charge in [-0.1, -0.05) is 20.3 Å². The van der Waals surface area contributed by atoms with Crippen molar-refractivity contribution >= 4 is 5.91 Å². The number of hydrogen-bond acceptors (Lipinski definition) is 3. The minimum absolute atomic E-state index is 0.0207. The van der Waals surface area contributed by atoms with Gasteiger partial charge in [-0.2, -0.15) is 0 Å². The van der Waals surface area contributed by atoms with Crippen molar-refractivity contribution in [2.75, 3.05) is 13.1 Å². The predicted molar refractivity (Wildman–Crippen MR) is 75.3 cm³/mol. The molecule has 106 valence electrons. The summed E-state index contributed by atoms with van der Waals surface area (Å²) in [5.41, 5.74) is 5.94. The van der Waals surface area contributed by atoms with Crippen LogP contribution in [0.25, 0.3) is 0 Å². The summed E-state index contributed by atoms with van der Waals surface area (Å²) in [5.74, 6) is 0.271. The van der Waals surface area contributed by atoms with E-state index in [4.69, 9.17) is 5.73 Å². The van der Waals surface area contributed by atoms with Crippen LogP contribution in [0.5, 0.6) is 0 Å². The highest BCUT2D eigenvalue weighted by atomic mass is 16.2. The summed E-state index contributed by atoms with van der Waals surface area (Å²) in [6.07, 6.45) is 3.02. The van der Waals surface area contributed by atoms with E-state index in [-0.39, 0.29) is 17.9 Å². The van der Waals surface area contributed by atoms with Crippen LogP contribution in [0.15, 0.2) is 0 Å². The number of nitrogens with zero attached hydrogens (tertiary/aromatic N) is 1. The molecule has 1 amide bonds. The highest BCUT2D eigenvalue weighted by molar-refractivity contribution is 5.82. The molecule has 0 aromatic rings. The molecule has 18 heavy (non-hydrogen) atoms. The molecule has 0 spiro atoms. The number of nitrogens with two attached hydrogens (primary N) is 1. The lowest BCUT2D eigenvalue weighted by molar-refractivity contribution is -0.124. The highest BCUT2D eigenvalue weighted by Gasteiger charge is 2.25. The maximum atomic E-state index is 12.0. The van der Waals surface area contributed by atoms with Crippen LogP contribution in [-0.4, -0.2) is 42.0 Å². The fourth-order valence-electron chi connectivity index (χ4n) is 2.37. The zero-order valence-corrected chi connectivity index (χ0v) is 12.3.